The second-order valence-electron chi connectivity index (χ2n) is 19.5. The lowest BCUT2D eigenvalue weighted by molar-refractivity contribution is -0.167. The summed E-state index contributed by atoms with van der Waals surface area (Å²) in [7, 11) is 0. The first-order valence-electron chi connectivity index (χ1n) is 30.0. The standard InChI is InChI=1S/C67H110O6/c1-4-7-10-13-16-18-20-22-23-24-25-26-27-28-29-30-31-32-33-34-35-36-37-38-39-40-41-42-43-45-46-48-51-54-57-60-66(69)72-63-64(62-71-65(68)59-56-53-50-15-12-9-6-3)73-67(70)61-58-55-52-49-47-44-21-19-17-14-11-8-5-2/h7,10,16,18,22-23,25-26,28-29,31-32,34-35,37-38,40-41,43,45,64H,4-6,8-9,11-15,17,19-21,24,27,30,33,36,39,42,44,46-63H2,1-3H3/b10-7-,18-16-,23-22-,26-25-,29-28-,32-31-,35-34-,38-37-,41-40-,45-43-. The molecule has 0 aliphatic heterocycles. The average Bonchev–Trinajstić information content (AvgIpc) is 3.39. The zero-order valence-corrected chi connectivity index (χ0v) is 47.4. The van der Waals surface area contributed by atoms with Crippen molar-refractivity contribution in [2.24, 2.45) is 0 Å². The van der Waals surface area contributed by atoms with Gasteiger partial charge in [0.05, 0.1) is 0 Å². The molecule has 0 radical (unpaired) electrons. The molecule has 1 atom stereocenters. The zero-order valence-electron chi connectivity index (χ0n) is 47.4. The van der Waals surface area contributed by atoms with Crippen LogP contribution in [0.15, 0.2) is 122 Å². The second-order valence-corrected chi connectivity index (χ2v) is 19.5. The van der Waals surface area contributed by atoms with E-state index in [4.69, 9.17) is 14.2 Å². The molecule has 0 N–H and O–H groups in total. The fraction of sp³-hybridized carbons (Fsp3) is 0.657. The van der Waals surface area contributed by atoms with Crippen molar-refractivity contribution in [3.8, 4) is 0 Å². The fourth-order valence-corrected chi connectivity index (χ4v) is 8.00. The van der Waals surface area contributed by atoms with Crippen LogP contribution in [-0.2, 0) is 28.6 Å². The molecule has 0 aromatic carbocycles. The minimum atomic E-state index is -0.785. The molecule has 0 saturated heterocycles. The van der Waals surface area contributed by atoms with Crippen LogP contribution < -0.4 is 0 Å². The van der Waals surface area contributed by atoms with Gasteiger partial charge in [0.15, 0.2) is 6.10 Å². The Morgan fingerprint density at radius 2 is 0.534 bits per heavy atom. The van der Waals surface area contributed by atoms with Gasteiger partial charge in [-0.15, -0.1) is 0 Å². The van der Waals surface area contributed by atoms with Gasteiger partial charge in [-0.3, -0.25) is 14.4 Å². The molecule has 0 heterocycles. The first-order valence-corrected chi connectivity index (χ1v) is 30.0. The Morgan fingerprint density at radius 3 is 0.836 bits per heavy atom. The van der Waals surface area contributed by atoms with Crippen LogP contribution in [0.25, 0.3) is 0 Å². The summed E-state index contributed by atoms with van der Waals surface area (Å²) < 4.78 is 16.7. The van der Waals surface area contributed by atoms with E-state index in [2.05, 4.69) is 142 Å². The van der Waals surface area contributed by atoms with Crippen LogP contribution in [0, 0.1) is 0 Å². The van der Waals surface area contributed by atoms with Gasteiger partial charge in [0.25, 0.3) is 0 Å². The zero-order chi connectivity index (χ0) is 52.9. The summed E-state index contributed by atoms with van der Waals surface area (Å²) in [6.07, 6.45) is 83.7. The smallest absolute Gasteiger partial charge is 0.306 e. The van der Waals surface area contributed by atoms with Crippen LogP contribution >= 0.6 is 0 Å². The maximum absolute atomic E-state index is 12.8. The van der Waals surface area contributed by atoms with Crippen molar-refractivity contribution in [1.82, 2.24) is 0 Å². The van der Waals surface area contributed by atoms with Crippen LogP contribution in [0.5, 0.6) is 0 Å². The van der Waals surface area contributed by atoms with E-state index in [-0.39, 0.29) is 31.1 Å². The van der Waals surface area contributed by atoms with Crippen LogP contribution in [0.3, 0.4) is 0 Å². The van der Waals surface area contributed by atoms with E-state index in [0.717, 1.165) is 135 Å². The van der Waals surface area contributed by atoms with E-state index in [1.54, 1.807) is 0 Å². The Balaban J connectivity index is 4.17. The first-order chi connectivity index (χ1) is 36.0. The van der Waals surface area contributed by atoms with E-state index in [1.807, 2.05) is 0 Å². The number of hydrogen-bond donors (Lipinski definition) is 0. The highest BCUT2D eigenvalue weighted by Gasteiger charge is 2.19. The summed E-state index contributed by atoms with van der Waals surface area (Å²) in [5.41, 5.74) is 0. The van der Waals surface area contributed by atoms with E-state index < -0.39 is 6.10 Å². The van der Waals surface area contributed by atoms with Crippen molar-refractivity contribution >= 4 is 17.9 Å². The fourth-order valence-electron chi connectivity index (χ4n) is 8.00. The van der Waals surface area contributed by atoms with Gasteiger partial charge < -0.3 is 14.2 Å². The lowest BCUT2D eigenvalue weighted by Crippen LogP contribution is -2.30. The Morgan fingerprint density at radius 1 is 0.288 bits per heavy atom. The molecule has 0 aliphatic carbocycles. The third-order valence-electron chi connectivity index (χ3n) is 12.5. The number of carbonyl (C=O) groups is 3. The molecule has 0 saturated carbocycles. The molecule has 0 aliphatic rings. The number of unbranched alkanes of at least 4 members (excludes halogenated alkanes) is 22. The van der Waals surface area contributed by atoms with E-state index in [0.29, 0.717) is 19.3 Å². The summed E-state index contributed by atoms with van der Waals surface area (Å²) in [6, 6.07) is 0. The van der Waals surface area contributed by atoms with Gasteiger partial charge in [0, 0.05) is 19.3 Å². The minimum absolute atomic E-state index is 0.0849. The van der Waals surface area contributed by atoms with E-state index in [1.165, 1.54) is 89.9 Å². The number of rotatable bonds is 53. The maximum atomic E-state index is 12.8. The minimum Gasteiger partial charge on any atom is -0.462 e. The van der Waals surface area contributed by atoms with Crippen molar-refractivity contribution in [3.05, 3.63) is 122 Å². The lowest BCUT2D eigenvalue weighted by atomic mass is 10.0. The summed E-state index contributed by atoms with van der Waals surface area (Å²) >= 11 is 0. The van der Waals surface area contributed by atoms with Crippen molar-refractivity contribution in [3.63, 3.8) is 0 Å². The molecule has 0 rings (SSSR count). The first kappa shape index (κ1) is 68.8. The number of allylic oxidation sites excluding steroid dienone is 20. The highest BCUT2D eigenvalue weighted by atomic mass is 16.6. The van der Waals surface area contributed by atoms with E-state index >= 15 is 0 Å². The highest BCUT2D eigenvalue weighted by molar-refractivity contribution is 5.71. The molecule has 414 valence electrons. The van der Waals surface area contributed by atoms with Crippen molar-refractivity contribution in [2.45, 2.75) is 271 Å². The Labute approximate surface area is 450 Å². The van der Waals surface area contributed by atoms with Gasteiger partial charge in [0.2, 0.25) is 0 Å². The van der Waals surface area contributed by atoms with Gasteiger partial charge in [0.1, 0.15) is 13.2 Å². The molecule has 0 spiro atoms. The normalized spacial score (nSPS) is 13.0. The molecule has 0 fully saturated rings. The molecule has 0 aromatic heterocycles. The van der Waals surface area contributed by atoms with Gasteiger partial charge in [-0.2, -0.15) is 0 Å². The molecule has 73 heavy (non-hydrogen) atoms. The second kappa shape index (κ2) is 60.4. The van der Waals surface area contributed by atoms with E-state index in [9.17, 15) is 14.4 Å². The summed E-state index contributed by atoms with van der Waals surface area (Å²) in [5, 5.41) is 0. The number of ether oxygens (including phenoxy) is 3. The molecule has 0 aromatic rings. The molecule has 0 bridgehead atoms. The van der Waals surface area contributed by atoms with Gasteiger partial charge in [-0.25, -0.2) is 0 Å². The largest absolute Gasteiger partial charge is 0.462 e. The summed E-state index contributed by atoms with van der Waals surface area (Å²) in [4.78, 5) is 37.9. The Kier molecular flexibility index (Phi) is 56.9. The van der Waals surface area contributed by atoms with Crippen LogP contribution in [0.4, 0.5) is 0 Å². The molecular weight excluding hydrogens is 901 g/mol. The predicted molar refractivity (Wildman–Crippen MR) is 316 cm³/mol. The summed E-state index contributed by atoms with van der Waals surface area (Å²) in [6.45, 7) is 6.46. The summed E-state index contributed by atoms with van der Waals surface area (Å²) in [5.74, 6) is -0.917. The number of hydrogen-bond acceptors (Lipinski definition) is 6. The topological polar surface area (TPSA) is 78.9 Å². The lowest BCUT2D eigenvalue weighted by Gasteiger charge is -2.18. The number of carbonyl (C=O) groups excluding carboxylic acids is 3. The predicted octanol–water partition coefficient (Wildman–Crippen LogP) is 20.4. The van der Waals surface area contributed by atoms with Crippen LogP contribution in [0.1, 0.15) is 265 Å². The SMILES string of the molecule is CC/C=C\C/C=C\C/C=C\C/C=C\C/C=C\C/C=C\C/C=C\C/C=C\C/C=C\C/C=C\CCCCCCC(=O)OCC(COC(=O)CCCCCCCCC)OC(=O)CCCCCCCCCCCCCCC. The highest BCUT2D eigenvalue weighted by Crippen LogP contribution is 2.15. The van der Waals surface area contributed by atoms with Crippen molar-refractivity contribution in [2.75, 3.05) is 13.2 Å². The average molecular weight is 1010 g/mol. The number of esters is 3. The molecular formula is C67H110O6. The quantitative estimate of drug-likeness (QED) is 0.0261. The third kappa shape index (κ3) is 58.6. The molecule has 6 heteroatoms. The van der Waals surface area contributed by atoms with Crippen molar-refractivity contribution < 1.29 is 28.6 Å². The molecule has 0 amide bonds. The third-order valence-corrected chi connectivity index (χ3v) is 12.5. The Bertz CT molecular complexity index is 1540. The Hall–Kier alpha value is -4.19. The van der Waals surface area contributed by atoms with Gasteiger partial charge in [-0.1, -0.05) is 271 Å². The maximum Gasteiger partial charge on any atom is 0.306 e. The van der Waals surface area contributed by atoms with Crippen LogP contribution in [-0.4, -0.2) is 37.2 Å². The molecule has 6 nitrogen and oxygen atoms in total. The monoisotopic (exact) mass is 1010 g/mol. The van der Waals surface area contributed by atoms with Gasteiger partial charge >= 0.3 is 17.9 Å². The van der Waals surface area contributed by atoms with Gasteiger partial charge in [-0.05, 0) is 96.3 Å². The van der Waals surface area contributed by atoms with Crippen molar-refractivity contribution in [1.29, 1.82) is 0 Å². The molecule has 1 unspecified atom stereocenters. The van der Waals surface area contributed by atoms with Crippen LogP contribution in [0.2, 0.25) is 0 Å².